The van der Waals surface area contributed by atoms with E-state index in [9.17, 15) is 14.0 Å². The zero-order valence-corrected chi connectivity index (χ0v) is 17.9. The van der Waals surface area contributed by atoms with Crippen molar-refractivity contribution in [3.05, 3.63) is 24.0 Å². The van der Waals surface area contributed by atoms with Crippen LogP contribution in [0.15, 0.2) is 23.3 Å². The van der Waals surface area contributed by atoms with Crippen LogP contribution in [0.5, 0.6) is 0 Å². The molecule has 1 aromatic rings. The number of ether oxygens (including phenoxy) is 1. The summed E-state index contributed by atoms with van der Waals surface area (Å²) in [5, 5.41) is 16.8. The van der Waals surface area contributed by atoms with E-state index in [2.05, 4.69) is 10.4 Å². The SMILES string of the molecule is C[C@H](CNC(=O)C(Cl)Cl)OC(=O)N(C)c1ccc(N2C=NN(CC#N)CC2)c(F)c1. The molecule has 9 nitrogen and oxygen atoms in total. The summed E-state index contributed by atoms with van der Waals surface area (Å²) >= 11 is 10.9. The monoisotopic (exact) mass is 458 g/mol. The number of alkyl halides is 2. The summed E-state index contributed by atoms with van der Waals surface area (Å²) in [6, 6.07) is 6.33. The summed E-state index contributed by atoms with van der Waals surface area (Å²) in [6.45, 7) is 2.73. The molecule has 162 valence electrons. The maximum absolute atomic E-state index is 14.6. The van der Waals surface area contributed by atoms with Crippen LogP contribution in [0.2, 0.25) is 0 Å². The number of rotatable bonds is 7. The molecule has 1 aromatic carbocycles. The quantitative estimate of drug-likeness (QED) is 0.496. The zero-order chi connectivity index (χ0) is 22.3. The number of hydrazone groups is 1. The third kappa shape index (κ3) is 6.37. The van der Waals surface area contributed by atoms with Gasteiger partial charge in [0.15, 0.2) is 4.84 Å². The minimum Gasteiger partial charge on any atom is -0.444 e. The maximum atomic E-state index is 14.6. The largest absolute Gasteiger partial charge is 0.444 e. The Morgan fingerprint density at radius 3 is 2.73 bits per heavy atom. The van der Waals surface area contributed by atoms with E-state index in [-0.39, 0.29) is 13.1 Å². The number of benzene rings is 1. The number of amides is 2. The van der Waals surface area contributed by atoms with Gasteiger partial charge in [-0.05, 0) is 25.1 Å². The Hall–Kier alpha value is -2.77. The average Bonchev–Trinajstić information content (AvgIpc) is 2.72. The number of nitrogens with zero attached hydrogens (tertiary/aromatic N) is 5. The molecule has 1 atom stereocenters. The predicted molar refractivity (Wildman–Crippen MR) is 112 cm³/mol. The van der Waals surface area contributed by atoms with Gasteiger partial charge in [-0.3, -0.25) is 14.7 Å². The summed E-state index contributed by atoms with van der Waals surface area (Å²) in [7, 11) is 1.44. The fourth-order valence-corrected chi connectivity index (χ4v) is 2.67. The van der Waals surface area contributed by atoms with Crippen molar-refractivity contribution < 1.29 is 18.7 Å². The molecule has 30 heavy (non-hydrogen) atoms. The van der Waals surface area contributed by atoms with Crippen molar-refractivity contribution in [2.75, 3.05) is 43.0 Å². The van der Waals surface area contributed by atoms with E-state index in [4.69, 9.17) is 33.2 Å². The van der Waals surface area contributed by atoms with Crippen molar-refractivity contribution in [1.82, 2.24) is 10.3 Å². The highest BCUT2D eigenvalue weighted by Crippen LogP contribution is 2.25. The van der Waals surface area contributed by atoms with E-state index in [0.717, 1.165) is 4.90 Å². The topological polar surface area (TPSA) is 101 Å². The van der Waals surface area contributed by atoms with E-state index in [1.807, 2.05) is 6.07 Å². The van der Waals surface area contributed by atoms with Gasteiger partial charge in [-0.1, -0.05) is 23.2 Å². The lowest BCUT2D eigenvalue weighted by Crippen LogP contribution is -2.39. The summed E-state index contributed by atoms with van der Waals surface area (Å²) < 4.78 is 19.8. The first kappa shape index (κ1) is 23.5. The fourth-order valence-electron chi connectivity index (χ4n) is 2.52. The molecule has 0 aromatic heterocycles. The summed E-state index contributed by atoms with van der Waals surface area (Å²) in [5.74, 6) is -1.13. The normalized spacial score (nSPS) is 14.3. The van der Waals surface area contributed by atoms with Crippen molar-refractivity contribution in [3.8, 4) is 6.07 Å². The van der Waals surface area contributed by atoms with Gasteiger partial charge in [0.2, 0.25) is 0 Å². The molecule has 2 rings (SSSR count). The van der Waals surface area contributed by atoms with Gasteiger partial charge >= 0.3 is 6.09 Å². The van der Waals surface area contributed by atoms with Crippen molar-refractivity contribution in [1.29, 1.82) is 5.26 Å². The maximum Gasteiger partial charge on any atom is 0.414 e. The van der Waals surface area contributed by atoms with Gasteiger partial charge < -0.3 is 15.0 Å². The molecule has 0 unspecified atom stereocenters. The molecule has 0 spiro atoms. The van der Waals surface area contributed by atoms with Crippen molar-refractivity contribution in [2.45, 2.75) is 17.9 Å². The van der Waals surface area contributed by atoms with Gasteiger partial charge in [0.1, 0.15) is 24.8 Å². The molecule has 1 aliphatic heterocycles. The van der Waals surface area contributed by atoms with Crippen LogP contribution in [0, 0.1) is 17.1 Å². The standard InChI is InChI=1S/C18H21Cl2FN6O3/c1-12(10-23-17(28)16(19)20)30-18(29)25(2)13-3-4-15(14(21)9-13)26-7-8-27(6-5-22)24-11-26/h3-4,9,11-12,16H,6-8,10H2,1-2H3,(H,23,28)/t12-/m1/s1. The fraction of sp³-hybridized carbons (Fsp3) is 0.444. The Morgan fingerprint density at radius 2 is 2.17 bits per heavy atom. The van der Waals surface area contributed by atoms with Gasteiger partial charge in [-0.2, -0.15) is 10.4 Å². The number of nitrogens with one attached hydrogen (secondary N) is 1. The second kappa shape index (κ2) is 10.8. The molecule has 0 saturated heterocycles. The lowest BCUT2D eigenvalue weighted by atomic mass is 10.2. The smallest absolute Gasteiger partial charge is 0.414 e. The van der Waals surface area contributed by atoms with Crippen LogP contribution in [0.4, 0.5) is 20.6 Å². The number of hydrogen-bond donors (Lipinski definition) is 1. The number of anilines is 2. The lowest BCUT2D eigenvalue weighted by molar-refractivity contribution is -0.119. The van der Waals surface area contributed by atoms with Gasteiger partial charge in [0.05, 0.1) is 24.8 Å². The first-order valence-corrected chi connectivity index (χ1v) is 9.82. The molecule has 0 aliphatic carbocycles. The van der Waals surface area contributed by atoms with E-state index >= 15 is 0 Å². The Labute approximate surface area is 183 Å². The van der Waals surface area contributed by atoms with E-state index in [1.165, 1.54) is 25.5 Å². The highest BCUT2D eigenvalue weighted by Gasteiger charge is 2.21. The molecular formula is C18H21Cl2FN6O3. The van der Waals surface area contributed by atoms with Gasteiger partial charge in [-0.15, -0.1) is 0 Å². The highest BCUT2D eigenvalue weighted by molar-refractivity contribution is 6.53. The highest BCUT2D eigenvalue weighted by atomic mass is 35.5. The molecule has 0 radical (unpaired) electrons. The number of carbonyl (C=O) groups excluding carboxylic acids is 2. The summed E-state index contributed by atoms with van der Waals surface area (Å²) in [6.07, 6.45) is 0.0870. The lowest BCUT2D eigenvalue weighted by Gasteiger charge is -2.29. The van der Waals surface area contributed by atoms with Crippen LogP contribution in [0.1, 0.15) is 6.92 Å². The van der Waals surface area contributed by atoms with Crippen LogP contribution < -0.4 is 15.1 Å². The van der Waals surface area contributed by atoms with Crippen LogP contribution in [0.3, 0.4) is 0 Å². The first-order valence-electron chi connectivity index (χ1n) is 8.95. The van der Waals surface area contributed by atoms with Crippen LogP contribution in [-0.4, -0.2) is 67.5 Å². The van der Waals surface area contributed by atoms with Gasteiger partial charge in [0.25, 0.3) is 5.91 Å². The van der Waals surface area contributed by atoms with E-state index < -0.39 is 28.8 Å². The Kier molecular flexibility index (Phi) is 8.50. The van der Waals surface area contributed by atoms with E-state index in [1.54, 1.807) is 22.9 Å². The molecule has 0 saturated carbocycles. The Morgan fingerprint density at radius 1 is 1.43 bits per heavy atom. The second-order valence-corrected chi connectivity index (χ2v) is 7.50. The minimum atomic E-state index is -1.21. The van der Waals surface area contributed by atoms with Crippen LogP contribution in [-0.2, 0) is 9.53 Å². The van der Waals surface area contributed by atoms with Crippen molar-refractivity contribution in [3.63, 3.8) is 0 Å². The third-order valence-electron chi connectivity index (χ3n) is 4.17. The van der Waals surface area contributed by atoms with Gasteiger partial charge in [-0.25, -0.2) is 9.18 Å². The first-order chi connectivity index (χ1) is 14.2. The summed E-state index contributed by atoms with van der Waals surface area (Å²) in [4.78, 5) is 25.2. The van der Waals surface area contributed by atoms with Gasteiger partial charge in [0, 0.05) is 19.3 Å². The Balaban J connectivity index is 1.97. The zero-order valence-electron chi connectivity index (χ0n) is 16.4. The molecule has 1 heterocycles. The molecule has 0 fully saturated rings. The van der Waals surface area contributed by atoms with Crippen LogP contribution >= 0.6 is 23.2 Å². The predicted octanol–water partition coefficient (Wildman–Crippen LogP) is 2.30. The van der Waals surface area contributed by atoms with Crippen molar-refractivity contribution in [2.24, 2.45) is 5.10 Å². The molecule has 0 bridgehead atoms. The van der Waals surface area contributed by atoms with Crippen LogP contribution in [0.25, 0.3) is 0 Å². The average molecular weight is 459 g/mol. The molecule has 1 N–H and O–H groups in total. The van der Waals surface area contributed by atoms with Crippen molar-refractivity contribution >= 4 is 52.9 Å². The second-order valence-electron chi connectivity index (χ2n) is 6.41. The molecule has 12 heteroatoms. The van der Waals surface area contributed by atoms with E-state index in [0.29, 0.717) is 24.5 Å². The third-order valence-corrected chi connectivity index (χ3v) is 4.57. The molecule has 1 aliphatic rings. The molecular weight excluding hydrogens is 438 g/mol. The number of nitriles is 1. The molecule has 2 amide bonds. The number of hydrogen-bond acceptors (Lipinski definition) is 7. The number of halogens is 3. The summed E-state index contributed by atoms with van der Waals surface area (Å²) in [5.41, 5.74) is 0.591. The minimum absolute atomic E-state index is 0.0266. The Bertz CT molecular complexity index is 848. The number of carbonyl (C=O) groups is 2.